The van der Waals surface area contributed by atoms with Gasteiger partial charge in [0, 0.05) is 6.54 Å². The predicted octanol–water partition coefficient (Wildman–Crippen LogP) is 6.71. The largest absolute Gasteiger partial charge is 0.493 e. The van der Waals surface area contributed by atoms with Gasteiger partial charge in [0.1, 0.15) is 23.9 Å². The second-order valence-electron chi connectivity index (χ2n) is 8.50. The lowest BCUT2D eigenvalue weighted by Gasteiger charge is -2.14. The van der Waals surface area contributed by atoms with Gasteiger partial charge in [0.2, 0.25) is 0 Å². The first-order valence-corrected chi connectivity index (χ1v) is 11.4. The number of hydrogen-bond donors (Lipinski definition) is 0. The minimum atomic E-state index is 0.456. The molecule has 3 aromatic carbocycles. The summed E-state index contributed by atoms with van der Waals surface area (Å²) in [7, 11) is 0. The van der Waals surface area contributed by atoms with Gasteiger partial charge in [0.25, 0.3) is 0 Å². The minimum absolute atomic E-state index is 0.456. The highest BCUT2D eigenvalue weighted by Crippen LogP contribution is 2.24. The summed E-state index contributed by atoms with van der Waals surface area (Å²) in [4.78, 5) is 4.86. The molecule has 0 saturated heterocycles. The van der Waals surface area contributed by atoms with E-state index in [0.29, 0.717) is 13.2 Å². The Balaban J connectivity index is 1.42. The van der Waals surface area contributed by atoms with Gasteiger partial charge < -0.3 is 14.0 Å². The number of ether oxygens (including phenoxy) is 2. The summed E-state index contributed by atoms with van der Waals surface area (Å²) in [6.07, 6.45) is 2.00. The first-order chi connectivity index (χ1) is 15.5. The molecule has 32 heavy (non-hydrogen) atoms. The van der Waals surface area contributed by atoms with Crippen molar-refractivity contribution in [3.05, 3.63) is 88.7 Å². The lowest BCUT2D eigenvalue weighted by Crippen LogP contribution is -2.09. The summed E-state index contributed by atoms with van der Waals surface area (Å²) in [5, 5.41) is 0. The molecule has 166 valence electrons. The van der Waals surface area contributed by atoms with Crippen LogP contribution in [0.2, 0.25) is 0 Å². The highest BCUT2D eigenvalue weighted by atomic mass is 16.5. The van der Waals surface area contributed by atoms with Crippen LogP contribution in [0.15, 0.2) is 60.7 Å². The number of benzene rings is 3. The fourth-order valence-electron chi connectivity index (χ4n) is 4.06. The molecule has 0 atom stereocenters. The van der Waals surface area contributed by atoms with E-state index in [4.69, 9.17) is 14.5 Å². The summed E-state index contributed by atoms with van der Waals surface area (Å²) in [6.45, 7) is 10.4. The molecule has 4 rings (SSSR count). The predicted molar refractivity (Wildman–Crippen MR) is 131 cm³/mol. The van der Waals surface area contributed by atoms with Gasteiger partial charge in [-0.05, 0) is 81.0 Å². The van der Waals surface area contributed by atoms with Crippen LogP contribution in [0.3, 0.4) is 0 Å². The molecule has 0 radical (unpaired) electrons. The van der Waals surface area contributed by atoms with E-state index in [1.54, 1.807) is 0 Å². The number of imidazole rings is 1. The van der Waals surface area contributed by atoms with Gasteiger partial charge in [-0.3, -0.25) is 0 Å². The van der Waals surface area contributed by atoms with E-state index in [9.17, 15) is 0 Å². The van der Waals surface area contributed by atoms with Crippen LogP contribution in [0.25, 0.3) is 11.0 Å². The van der Waals surface area contributed by atoms with E-state index in [2.05, 4.69) is 86.9 Å². The summed E-state index contributed by atoms with van der Waals surface area (Å²) < 4.78 is 14.6. The Hall–Kier alpha value is -3.27. The van der Waals surface area contributed by atoms with Crippen LogP contribution in [0, 0.1) is 27.7 Å². The number of aryl methyl sites for hydroxylation is 5. The van der Waals surface area contributed by atoms with Crippen LogP contribution in [0.5, 0.6) is 11.5 Å². The van der Waals surface area contributed by atoms with Gasteiger partial charge in [-0.2, -0.15) is 0 Å². The topological polar surface area (TPSA) is 36.3 Å². The van der Waals surface area contributed by atoms with Crippen molar-refractivity contribution in [2.45, 2.75) is 53.7 Å². The van der Waals surface area contributed by atoms with E-state index < -0.39 is 0 Å². The number of fused-ring (bicyclic) bond motifs is 1. The van der Waals surface area contributed by atoms with Crippen LogP contribution < -0.4 is 9.47 Å². The van der Waals surface area contributed by atoms with Crippen LogP contribution in [0.1, 0.15) is 40.9 Å². The van der Waals surface area contributed by atoms with Crippen molar-refractivity contribution in [1.82, 2.24) is 9.55 Å². The van der Waals surface area contributed by atoms with Gasteiger partial charge >= 0.3 is 0 Å². The van der Waals surface area contributed by atoms with E-state index in [-0.39, 0.29) is 0 Å². The maximum Gasteiger partial charge on any atom is 0.147 e. The molecule has 4 heteroatoms. The molecule has 0 aliphatic heterocycles. The van der Waals surface area contributed by atoms with E-state index in [1.165, 1.54) is 16.7 Å². The highest BCUT2D eigenvalue weighted by Gasteiger charge is 2.12. The Morgan fingerprint density at radius 3 is 2.38 bits per heavy atom. The zero-order valence-corrected chi connectivity index (χ0v) is 19.5. The van der Waals surface area contributed by atoms with Crippen LogP contribution in [-0.2, 0) is 13.2 Å². The number of hydrogen-bond acceptors (Lipinski definition) is 3. The fraction of sp³-hybridized carbons (Fsp3) is 0.321. The third-order valence-electron chi connectivity index (χ3n) is 5.87. The molecular formula is C28H32N2O2. The average molecular weight is 429 g/mol. The Kier molecular flexibility index (Phi) is 6.79. The van der Waals surface area contributed by atoms with Gasteiger partial charge in [0.05, 0.1) is 17.6 Å². The van der Waals surface area contributed by atoms with E-state index in [0.717, 1.165) is 53.3 Å². The number of aromatic nitrogens is 2. The zero-order chi connectivity index (χ0) is 22.5. The molecule has 0 fully saturated rings. The Bertz CT molecular complexity index is 1190. The Labute approximate surface area is 190 Å². The molecule has 0 amide bonds. The van der Waals surface area contributed by atoms with E-state index >= 15 is 0 Å². The molecule has 1 heterocycles. The molecule has 0 unspecified atom stereocenters. The molecule has 0 bridgehead atoms. The average Bonchev–Trinajstić information content (AvgIpc) is 3.13. The van der Waals surface area contributed by atoms with Gasteiger partial charge in [-0.15, -0.1) is 0 Å². The van der Waals surface area contributed by atoms with Crippen molar-refractivity contribution < 1.29 is 9.47 Å². The lowest BCUT2D eigenvalue weighted by molar-refractivity contribution is 0.283. The molecule has 0 spiro atoms. The number of nitrogens with zero attached hydrogens (tertiary/aromatic N) is 2. The molecule has 4 nitrogen and oxygen atoms in total. The van der Waals surface area contributed by atoms with Gasteiger partial charge in [-0.25, -0.2) is 4.98 Å². The van der Waals surface area contributed by atoms with Crippen molar-refractivity contribution in [2.75, 3.05) is 6.61 Å². The molecule has 0 aliphatic carbocycles. The van der Waals surface area contributed by atoms with Crippen molar-refractivity contribution >= 4 is 11.0 Å². The first-order valence-electron chi connectivity index (χ1n) is 11.4. The molecule has 4 aromatic rings. The van der Waals surface area contributed by atoms with Crippen LogP contribution in [0.4, 0.5) is 0 Å². The summed E-state index contributed by atoms with van der Waals surface area (Å²) in [6, 6.07) is 20.9. The Morgan fingerprint density at radius 2 is 1.56 bits per heavy atom. The summed E-state index contributed by atoms with van der Waals surface area (Å²) in [5.74, 6) is 2.90. The van der Waals surface area contributed by atoms with Crippen molar-refractivity contribution in [3.63, 3.8) is 0 Å². The Morgan fingerprint density at radius 1 is 0.781 bits per heavy atom. The number of unbranched alkanes of at least 4 members (excludes halogenated alkanes) is 1. The minimum Gasteiger partial charge on any atom is -0.493 e. The fourth-order valence-corrected chi connectivity index (χ4v) is 4.06. The van der Waals surface area contributed by atoms with Gasteiger partial charge in [-0.1, -0.05) is 42.5 Å². The monoisotopic (exact) mass is 428 g/mol. The third kappa shape index (κ3) is 4.96. The molecule has 1 aromatic heterocycles. The molecular weight excluding hydrogens is 396 g/mol. The second-order valence-corrected chi connectivity index (χ2v) is 8.50. The number of para-hydroxylation sites is 3. The quantitative estimate of drug-likeness (QED) is 0.278. The van der Waals surface area contributed by atoms with Crippen LogP contribution in [-0.4, -0.2) is 16.2 Å². The summed E-state index contributed by atoms with van der Waals surface area (Å²) in [5.41, 5.74) is 6.89. The first kappa shape index (κ1) is 21.9. The maximum atomic E-state index is 6.18. The second kappa shape index (κ2) is 9.90. The maximum absolute atomic E-state index is 6.18. The van der Waals surface area contributed by atoms with Crippen LogP contribution >= 0.6 is 0 Å². The highest BCUT2D eigenvalue weighted by molar-refractivity contribution is 5.75. The molecule has 0 N–H and O–H groups in total. The van der Waals surface area contributed by atoms with Crippen molar-refractivity contribution in [2.24, 2.45) is 0 Å². The smallest absolute Gasteiger partial charge is 0.147 e. The SMILES string of the molecule is Cc1ccc(C)c(OCc2nc3ccccc3n2CCCCOc2c(C)cccc2C)c1. The number of rotatable bonds is 9. The van der Waals surface area contributed by atoms with E-state index in [1.807, 2.05) is 6.07 Å². The third-order valence-corrected chi connectivity index (χ3v) is 5.87. The molecule has 0 saturated carbocycles. The molecule has 0 aliphatic rings. The van der Waals surface area contributed by atoms with Gasteiger partial charge in [0.15, 0.2) is 0 Å². The van der Waals surface area contributed by atoms with Crippen molar-refractivity contribution in [1.29, 1.82) is 0 Å². The lowest BCUT2D eigenvalue weighted by atomic mass is 10.1. The normalized spacial score (nSPS) is 11.1. The standard InChI is InChI=1S/C28H32N2O2/c1-20-14-15-21(2)26(18-20)32-19-27-29-24-12-5-6-13-25(24)30(27)16-7-8-17-31-28-22(3)10-9-11-23(28)4/h5-6,9-15,18H,7-8,16-17,19H2,1-4H3. The van der Waals surface area contributed by atoms with Crippen molar-refractivity contribution in [3.8, 4) is 11.5 Å². The summed E-state index contributed by atoms with van der Waals surface area (Å²) >= 11 is 0. The zero-order valence-electron chi connectivity index (χ0n) is 19.5.